The highest BCUT2D eigenvalue weighted by atomic mass is 32.2. The number of rotatable bonds is 8. The Kier molecular flexibility index (Phi) is 7.80. The first-order chi connectivity index (χ1) is 7.43. The Labute approximate surface area is 103 Å². The lowest BCUT2D eigenvalue weighted by atomic mass is 10.1. The molecule has 1 amide bonds. The second-order valence-corrected chi connectivity index (χ2v) is 5.28. The summed E-state index contributed by atoms with van der Waals surface area (Å²) in [5, 5.41) is 2.82. The normalized spacial score (nSPS) is 13.6. The van der Waals surface area contributed by atoms with E-state index in [0.29, 0.717) is 19.6 Å². The van der Waals surface area contributed by atoms with Gasteiger partial charge in [0, 0.05) is 13.2 Å². The van der Waals surface area contributed by atoms with E-state index in [1.807, 2.05) is 27.0 Å². The average molecular weight is 248 g/mol. The predicted octanol–water partition coefficient (Wildman–Crippen LogP) is 0.998. The molecule has 0 spiro atoms. The molecule has 0 unspecified atom stereocenters. The molecule has 5 heteroatoms. The molecule has 1 atom stereocenters. The van der Waals surface area contributed by atoms with E-state index in [2.05, 4.69) is 5.32 Å². The van der Waals surface area contributed by atoms with Gasteiger partial charge in [0.2, 0.25) is 5.91 Å². The van der Waals surface area contributed by atoms with Crippen LogP contribution in [0.2, 0.25) is 0 Å². The van der Waals surface area contributed by atoms with Crippen molar-refractivity contribution in [3.63, 3.8) is 0 Å². The monoisotopic (exact) mass is 248 g/mol. The first kappa shape index (κ1) is 15.7. The molecule has 0 fully saturated rings. The molecule has 0 aliphatic rings. The Hall–Kier alpha value is -0.260. The number of amides is 1. The number of carbonyl (C=O) groups excluding carboxylic acids is 1. The molecular formula is C11H24N2O2S. The summed E-state index contributed by atoms with van der Waals surface area (Å²) < 4.78 is 5.48. The molecule has 0 aromatic carbocycles. The van der Waals surface area contributed by atoms with E-state index in [9.17, 15) is 4.79 Å². The van der Waals surface area contributed by atoms with E-state index in [1.165, 1.54) is 0 Å². The van der Waals surface area contributed by atoms with Crippen molar-refractivity contribution in [1.82, 2.24) is 5.32 Å². The Bertz CT molecular complexity index is 210. The van der Waals surface area contributed by atoms with Crippen LogP contribution in [0.15, 0.2) is 0 Å². The van der Waals surface area contributed by atoms with Gasteiger partial charge in [0.25, 0.3) is 0 Å². The van der Waals surface area contributed by atoms with Gasteiger partial charge in [-0.15, -0.1) is 0 Å². The molecule has 0 saturated carbocycles. The molecule has 0 heterocycles. The zero-order valence-corrected chi connectivity index (χ0v) is 11.5. The third kappa shape index (κ3) is 7.09. The predicted molar refractivity (Wildman–Crippen MR) is 69.7 cm³/mol. The Balaban J connectivity index is 3.87. The number of hydrogen-bond acceptors (Lipinski definition) is 4. The second-order valence-electron chi connectivity index (χ2n) is 4.30. The van der Waals surface area contributed by atoms with Crippen molar-refractivity contribution in [3.05, 3.63) is 0 Å². The van der Waals surface area contributed by atoms with Crippen molar-refractivity contribution in [1.29, 1.82) is 0 Å². The van der Waals surface area contributed by atoms with Crippen molar-refractivity contribution in [2.45, 2.75) is 38.8 Å². The minimum atomic E-state index is -0.412. The lowest BCUT2D eigenvalue weighted by molar-refractivity contribution is -0.124. The minimum absolute atomic E-state index is 0.0955. The van der Waals surface area contributed by atoms with E-state index in [1.54, 1.807) is 11.8 Å². The van der Waals surface area contributed by atoms with Gasteiger partial charge < -0.3 is 15.8 Å². The van der Waals surface area contributed by atoms with Crippen LogP contribution in [0.3, 0.4) is 0 Å². The van der Waals surface area contributed by atoms with E-state index in [0.717, 1.165) is 5.75 Å². The number of nitrogens with one attached hydrogen (secondary N) is 1. The maximum absolute atomic E-state index is 11.6. The maximum atomic E-state index is 11.6. The molecule has 0 aromatic rings. The van der Waals surface area contributed by atoms with Crippen LogP contribution in [-0.2, 0) is 9.53 Å². The zero-order valence-electron chi connectivity index (χ0n) is 10.7. The summed E-state index contributed by atoms with van der Waals surface area (Å²) in [6.07, 6.45) is 2.71. The molecule has 0 bridgehead atoms. The smallest absolute Gasteiger partial charge is 0.237 e. The van der Waals surface area contributed by atoms with Gasteiger partial charge in [0.05, 0.1) is 11.6 Å². The molecular weight excluding hydrogens is 224 g/mol. The molecule has 16 heavy (non-hydrogen) atoms. The molecule has 3 N–H and O–H groups in total. The van der Waals surface area contributed by atoms with Gasteiger partial charge in [-0.25, -0.2) is 0 Å². The fraction of sp³-hybridized carbons (Fsp3) is 0.909. The highest BCUT2D eigenvalue weighted by molar-refractivity contribution is 7.98. The van der Waals surface area contributed by atoms with E-state index in [-0.39, 0.29) is 11.5 Å². The first-order valence-electron chi connectivity index (χ1n) is 5.59. The van der Waals surface area contributed by atoms with E-state index in [4.69, 9.17) is 10.5 Å². The van der Waals surface area contributed by atoms with Gasteiger partial charge in [0.1, 0.15) is 0 Å². The van der Waals surface area contributed by atoms with Crippen molar-refractivity contribution < 1.29 is 9.53 Å². The second kappa shape index (κ2) is 7.92. The lowest BCUT2D eigenvalue weighted by Crippen LogP contribution is -2.47. The fourth-order valence-electron chi connectivity index (χ4n) is 1.25. The highest BCUT2D eigenvalue weighted by Gasteiger charge is 2.20. The largest absolute Gasteiger partial charge is 0.374 e. The van der Waals surface area contributed by atoms with Crippen LogP contribution < -0.4 is 11.1 Å². The third-order valence-corrected chi connectivity index (χ3v) is 2.84. The number of ether oxygens (including phenoxy) is 1. The number of hydrogen-bond donors (Lipinski definition) is 2. The maximum Gasteiger partial charge on any atom is 0.237 e. The highest BCUT2D eigenvalue weighted by Crippen LogP contribution is 2.07. The van der Waals surface area contributed by atoms with Gasteiger partial charge in [-0.1, -0.05) is 0 Å². The Morgan fingerprint density at radius 3 is 2.69 bits per heavy atom. The summed E-state index contributed by atoms with van der Waals surface area (Å²) in [4.78, 5) is 11.6. The van der Waals surface area contributed by atoms with Crippen molar-refractivity contribution in [3.8, 4) is 0 Å². The molecule has 0 saturated heterocycles. The van der Waals surface area contributed by atoms with E-state index >= 15 is 0 Å². The number of nitrogens with two attached hydrogens (primary N) is 1. The van der Waals surface area contributed by atoms with Crippen LogP contribution in [-0.4, -0.2) is 42.7 Å². The summed E-state index contributed by atoms with van der Waals surface area (Å²) in [5.74, 6) is 0.811. The van der Waals surface area contributed by atoms with Crippen LogP contribution in [0.1, 0.15) is 27.2 Å². The lowest BCUT2D eigenvalue weighted by Gasteiger charge is -2.25. The summed E-state index contributed by atoms with van der Waals surface area (Å²) in [7, 11) is 0. The van der Waals surface area contributed by atoms with Crippen LogP contribution in [0.4, 0.5) is 0 Å². The summed E-state index contributed by atoms with van der Waals surface area (Å²) >= 11 is 1.69. The Morgan fingerprint density at radius 1 is 1.56 bits per heavy atom. The Morgan fingerprint density at radius 2 is 2.19 bits per heavy atom. The fourth-order valence-corrected chi connectivity index (χ4v) is 1.74. The van der Waals surface area contributed by atoms with Gasteiger partial charge in [-0.3, -0.25) is 4.79 Å². The summed E-state index contributed by atoms with van der Waals surface area (Å²) in [6.45, 7) is 6.97. The number of carbonyl (C=O) groups is 1. The third-order valence-electron chi connectivity index (χ3n) is 2.19. The standard InChI is InChI=1S/C11H24N2O2S/c1-5-15-11(2,3)8-13-10(14)9(12)6-7-16-4/h9H,5-8,12H2,1-4H3,(H,13,14)/t9-/m0/s1. The van der Waals surface area contributed by atoms with Crippen LogP contribution >= 0.6 is 11.8 Å². The summed E-state index contributed by atoms with van der Waals surface area (Å²) in [5.41, 5.74) is 5.41. The van der Waals surface area contributed by atoms with Crippen molar-refractivity contribution in [2.75, 3.05) is 25.2 Å². The topological polar surface area (TPSA) is 64.3 Å². The zero-order chi connectivity index (χ0) is 12.6. The molecule has 0 aliphatic heterocycles. The van der Waals surface area contributed by atoms with Gasteiger partial charge in [-0.2, -0.15) is 11.8 Å². The number of thioether (sulfide) groups is 1. The quantitative estimate of drug-likeness (QED) is 0.672. The molecule has 0 aliphatic carbocycles. The molecule has 0 aromatic heterocycles. The molecule has 96 valence electrons. The average Bonchev–Trinajstić information content (AvgIpc) is 2.22. The molecule has 0 radical (unpaired) electrons. The van der Waals surface area contributed by atoms with Crippen molar-refractivity contribution in [2.24, 2.45) is 5.73 Å². The SMILES string of the molecule is CCOC(C)(C)CNC(=O)[C@@H](N)CCSC. The minimum Gasteiger partial charge on any atom is -0.374 e. The van der Waals surface area contributed by atoms with Crippen LogP contribution in [0.25, 0.3) is 0 Å². The molecule has 0 rings (SSSR count). The van der Waals surface area contributed by atoms with Gasteiger partial charge in [-0.05, 0) is 39.2 Å². The van der Waals surface area contributed by atoms with Gasteiger partial charge in [0.15, 0.2) is 0 Å². The van der Waals surface area contributed by atoms with Gasteiger partial charge >= 0.3 is 0 Å². The van der Waals surface area contributed by atoms with Crippen molar-refractivity contribution >= 4 is 17.7 Å². The summed E-state index contributed by atoms with van der Waals surface area (Å²) in [6, 6.07) is -0.412. The van der Waals surface area contributed by atoms with Crippen LogP contribution in [0.5, 0.6) is 0 Å². The first-order valence-corrected chi connectivity index (χ1v) is 6.98. The van der Waals surface area contributed by atoms with Crippen LogP contribution in [0, 0.1) is 0 Å². The molecule has 4 nitrogen and oxygen atoms in total. The van der Waals surface area contributed by atoms with E-state index < -0.39 is 6.04 Å².